The third-order valence-electron chi connectivity index (χ3n) is 3.11. The van der Waals surface area contributed by atoms with Gasteiger partial charge in [0, 0.05) is 23.7 Å². The fourth-order valence-corrected chi connectivity index (χ4v) is 2.02. The zero-order chi connectivity index (χ0) is 12.8. The summed E-state index contributed by atoms with van der Waals surface area (Å²) in [6.45, 7) is 5.70. The lowest BCUT2D eigenvalue weighted by Gasteiger charge is -2.18. The van der Waals surface area contributed by atoms with E-state index < -0.39 is 5.41 Å². The van der Waals surface area contributed by atoms with Crippen LogP contribution in [0.25, 0.3) is 0 Å². The first-order valence-electron chi connectivity index (χ1n) is 5.75. The van der Waals surface area contributed by atoms with E-state index in [0.717, 1.165) is 11.3 Å². The Morgan fingerprint density at radius 1 is 1.29 bits per heavy atom. The van der Waals surface area contributed by atoms with Crippen molar-refractivity contribution in [1.82, 2.24) is 0 Å². The van der Waals surface area contributed by atoms with Crippen LogP contribution in [0, 0.1) is 5.41 Å². The fraction of sp³-hybridized carbons (Fsp3) is 0.429. The van der Waals surface area contributed by atoms with Crippen LogP contribution in [0.4, 0.5) is 5.69 Å². The second kappa shape index (κ2) is 3.69. The van der Waals surface area contributed by atoms with Gasteiger partial charge < -0.3 is 4.90 Å². The first kappa shape index (κ1) is 11.8. The molecule has 0 saturated carbocycles. The maximum absolute atomic E-state index is 12.2. The highest BCUT2D eigenvalue weighted by Crippen LogP contribution is 2.30. The molecule has 2 rings (SSSR count). The smallest absolute Gasteiger partial charge is 0.231 e. The maximum atomic E-state index is 12.2. The number of amides is 1. The van der Waals surface area contributed by atoms with Crippen molar-refractivity contribution in [3.05, 3.63) is 29.3 Å². The molecule has 1 heterocycles. The minimum Gasteiger partial charge on any atom is -0.315 e. The van der Waals surface area contributed by atoms with Crippen molar-refractivity contribution in [2.75, 3.05) is 11.9 Å². The second-order valence-corrected chi connectivity index (χ2v) is 5.55. The summed E-state index contributed by atoms with van der Waals surface area (Å²) in [4.78, 5) is 25.3. The van der Waals surface area contributed by atoms with E-state index in [9.17, 15) is 9.59 Å². The van der Waals surface area contributed by atoms with Crippen molar-refractivity contribution < 1.29 is 9.59 Å². The highest BCUT2D eigenvalue weighted by Gasteiger charge is 2.27. The van der Waals surface area contributed by atoms with E-state index in [4.69, 9.17) is 0 Å². The Kier molecular flexibility index (Phi) is 2.57. The van der Waals surface area contributed by atoms with Crippen LogP contribution >= 0.6 is 0 Å². The summed E-state index contributed by atoms with van der Waals surface area (Å²) >= 11 is 0. The van der Waals surface area contributed by atoms with Crippen molar-refractivity contribution in [1.29, 1.82) is 0 Å². The van der Waals surface area contributed by atoms with Gasteiger partial charge in [0.25, 0.3) is 0 Å². The highest BCUT2D eigenvalue weighted by molar-refractivity contribution is 6.05. The molecule has 1 aromatic rings. The predicted octanol–water partition coefficient (Wildman–Crippen LogP) is 2.43. The number of Topliss-reactive ketones (excluding diaryl/α,β-unsaturated/α-hetero) is 1. The zero-order valence-electron chi connectivity index (χ0n) is 10.7. The second-order valence-electron chi connectivity index (χ2n) is 5.55. The molecule has 0 aromatic heterocycles. The Morgan fingerprint density at radius 3 is 2.53 bits per heavy atom. The summed E-state index contributed by atoms with van der Waals surface area (Å²) in [5.41, 5.74) is 2.15. The summed E-state index contributed by atoms with van der Waals surface area (Å²) in [6, 6.07) is 5.53. The lowest BCUT2D eigenvalue weighted by Crippen LogP contribution is -2.22. The molecular formula is C14H17NO2. The van der Waals surface area contributed by atoms with Gasteiger partial charge in [-0.1, -0.05) is 32.9 Å². The number of fused-ring (bicyclic) bond motifs is 1. The molecule has 1 aromatic carbocycles. The maximum Gasteiger partial charge on any atom is 0.231 e. The Labute approximate surface area is 101 Å². The molecule has 0 radical (unpaired) electrons. The van der Waals surface area contributed by atoms with E-state index >= 15 is 0 Å². The van der Waals surface area contributed by atoms with Gasteiger partial charge in [0.15, 0.2) is 5.78 Å². The van der Waals surface area contributed by atoms with Gasteiger partial charge in [0.1, 0.15) is 0 Å². The molecule has 0 bridgehead atoms. The Hall–Kier alpha value is -1.64. The van der Waals surface area contributed by atoms with E-state index in [2.05, 4.69) is 0 Å². The molecule has 0 aliphatic carbocycles. The highest BCUT2D eigenvalue weighted by atomic mass is 16.2. The van der Waals surface area contributed by atoms with Crippen molar-refractivity contribution >= 4 is 17.4 Å². The van der Waals surface area contributed by atoms with Crippen LogP contribution in [0.5, 0.6) is 0 Å². The van der Waals surface area contributed by atoms with Gasteiger partial charge in [-0.2, -0.15) is 0 Å². The average Bonchev–Trinajstić information content (AvgIpc) is 2.52. The largest absolute Gasteiger partial charge is 0.315 e. The third kappa shape index (κ3) is 1.97. The Bertz CT molecular complexity index is 497. The molecule has 0 N–H and O–H groups in total. The molecule has 0 spiro atoms. The Morgan fingerprint density at radius 2 is 1.94 bits per heavy atom. The molecular weight excluding hydrogens is 214 g/mol. The molecule has 1 aliphatic rings. The molecule has 0 atom stereocenters. The fourth-order valence-electron chi connectivity index (χ4n) is 2.02. The predicted molar refractivity (Wildman–Crippen MR) is 67.3 cm³/mol. The van der Waals surface area contributed by atoms with Crippen molar-refractivity contribution in [2.45, 2.75) is 27.2 Å². The number of carbonyl (C=O) groups is 2. The number of benzene rings is 1. The molecule has 3 nitrogen and oxygen atoms in total. The van der Waals surface area contributed by atoms with Crippen molar-refractivity contribution in [2.24, 2.45) is 5.41 Å². The summed E-state index contributed by atoms with van der Waals surface area (Å²) < 4.78 is 0. The molecule has 90 valence electrons. The summed E-state index contributed by atoms with van der Waals surface area (Å²) in [5.74, 6) is 0.188. The van der Waals surface area contributed by atoms with Crippen LogP contribution < -0.4 is 4.90 Å². The number of hydrogen-bond donors (Lipinski definition) is 0. The monoisotopic (exact) mass is 231 g/mol. The minimum absolute atomic E-state index is 0.0837. The number of carbonyl (C=O) groups excluding carboxylic acids is 2. The van der Waals surface area contributed by atoms with Gasteiger partial charge in [0.05, 0.1) is 6.42 Å². The quantitative estimate of drug-likeness (QED) is 0.696. The average molecular weight is 231 g/mol. The van der Waals surface area contributed by atoms with Crippen molar-refractivity contribution in [3.63, 3.8) is 0 Å². The van der Waals surface area contributed by atoms with Gasteiger partial charge in [-0.3, -0.25) is 9.59 Å². The van der Waals surface area contributed by atoms with E-state index in [1.807, 2.05) is 39.0 Å². The van der Waals surface area contributed by atoms with E-state index in [1.165, 1.54) is 0 Å². The number of likely N-dealkylation sites (N-methyl/N-ethyl adjacent to an activating group) is 1. The molecule has 0 saturated heterocycles. The molecule has 1 amide bonds. The van der Waals surface area contributed by atoms with Gasteiger partial charge in [-0.25, -0.2) is 0 Å². The summed E-state index contributed by atoms with van der Waals surface area (Å²) in [7, 11) is 1.75. The van der Waals surface area contributed by atoms with E-state index in [1.54, 1.807) is 11.9 Å². The van der Waals surface area contributed by atoms with E-state index in [-0.39, 0.29) is 11.7 Å². The molecule has 1 aliphatic heterocycles. The normalized spacial score (nSPS) is 15.1. The van der Waals surface area contributed by atoms with Crippen LogP contribution in [0.15, 0.2) is 18.2 Å². The number of ketones is 1. The standard InChI is InChI=1S/C14H17NO2/c1-14(2,3)13(17)10-6-5-9-8-12(16)15(4)11(9)7-10/h5-7H,8H2,1-4H3. The summed E-state index contributed by atoms with van der Waals surface area (Å²) in [5, 5.41) is 0. The number of nitrogens with zero attached hydrogens (tertiary/aromatic N) is 1. The Balaban J connectivity index is 2.43. The number of rotatable bonds is 1. The lowest BCUT2D eigenvalue weighted by molar-refractivity contribution is -0.117. The van der Waals surface area contributed by atoms with Gasteiger partial charge in [-0.05, 0) is 11.6 Å². The van der Waals surface area contributed by atoms with Gasteiger partial charge in [-0.15, -0.1) is 0 Å². The molecule has 0 fully saturated rings. The number of hydrogen-bond acceptors (Lipinski definition) is 2. The summed E-state index contributed by atoms with van der Waals surface area (Å²) in [6.07, 6.45) is 0.440. The van der Waals surface area contributed by atoms with Crippen LogP contribution in [-0.2, 0) is 11.2 Å². The third-order valence-corrected chi connectivity index (χ3v) is 3.11. The lowest BCUT2D eigenvalue weighted by atomic mass is 9.86. The molecule has 3 heteroatoms. The zero-order valence-corrected chi connectivity index (χ0v) is 10.7. The van der Waals surface area contributed by atoms with Crippen LogP contribution in [0.3, 0.4) is 0 Å². The van der Waals surface area contributed by atoms with Gasteiger partial charge >= 0.3 is 0 Å². The minimum atomic E-state index is -0.393. The van der Waals surface area contributed by atoms with Crippen LogP contribution in [0.1, 0.15) is 36.7 Å². The first-order valence-corrected chi connectivity index (χ1v) is 5.75. The molecule has 0 unspecified atom stereocenters. The number of anilines is 1. The SMILES string of the molecule is CN1C(=O)Cc2ccc(C(=O)C(C)(C)C)cc21. The molecule has 17 heavy (non-hydrogen) atoms. The van der Waals surface area contributed by atoms with Crippen LogP contribution in [0.2, 0.25) is 0 Å². The van der Waals surface area contributed by atoms with Crippen LogP contribution in [-0.4, -0.2) is 18.7 Å². The first-order chi connectivity index (χ1) is 7.80. The van der Waals surface area contributed by atoms with Gasteiger partial charge in [0.2, 0.25) is 5.91 Å². The topological polar surface area (TPSA) is 37.4 Å². The van der Waals surface area contributed by atoms with E-state index in [0.29, 0.717) is 12.0 Å². The van der Waals surface area contributed by atoms with Crippen molar-refractivity contribution in [3.8, 4) is 0 Å².